The Morgan fingerprint density at radius 2 is 1.75 bits per heavy atom. The molecule has 5 rings (SSSR count). The maximum Gasteiger partial charge on any atom is 0.261 e. The summed E-state index contributed by atoms with van der Waals surface area (Å²) in [5.41, 5.74) is 7.08. The second kappa shape index (κ2) is 8.78. The van der Waals surface area contributed by atoms with Crippen molar-refractivity contribution in [3.63, 3.8) is 0 Å². The molecular formula is C23H17ClN6OS. The van der Waals surface area contributed by atoms with Crippen molar-refractivity contribution in [1.29, 1.82) is 0 Å². The molecule has 2 aromatic heterocycles. The minimum atomic E-state index is -0.294. The van der Waals surface area contributed by atoms with Crippen molar-refractivity contribution >= 4 is 39.9 Å². The zero-order chi connectivity index (χ0) is 21.9. The van der Waals surface area contributed by atoms with Crippen molar-refractivity contribution in [3.8, 4) is 16.9 Å². The summed E-state index contributed by atoms with van der Waals surface area (Å²) in [6, 6.07) is 25.0. The average Bonchev–Trinajstić information content (AvgIpc) is 3.43. The van der Waals surface area contributed by atoms with Gasteiger partial charge in [-0.05, 0) is 42.0 Å². The molecule has 0 saturated carbocycles. The van der Waals surface area contributed by atoms with Gasteiger partial charge in [0.25, 0.3) is 5.91 Å². The van der Waals surface area contributed by atoms with E-state index in [1.54, 1.807) is 4.68 Å². The van der Waals surface area contributed by atoms with Gasteiger partial charge >= 0.3 is 0 Å². The summed E-state index contributed by atoms with van der Waals surface area (Å²) in [6.45, 7) is 0.0157. The first-order valence-electron chi connectivity index (χ1n) is 9.82. The van der Waals surface area contributed by atoms with Gasteiger partial charge in [-0.15, -0.1) is 21.5 Å². The zero-order valence-corrected chi connectivity index (χ0v) is 18.3. The first kappa shape index (κ1) is 20.2. The van der Waals surface area contributed by atoms with Gasteiger partial charge in [0.1, 0.15) is 12.1 Å². The predicted molar refractivity (Wildman–Crippen MR) is 125 cm³/mol. The van der Waals surface area contributed by atoms with Crippen LogP contribution in [0.1, 0.15) is 0 Å². The fraction of sp³-hybridized carbons (Fsp3) is 0.0435. The second-order valence-corrected chi connectivity index (χ2v) is 8.24. The van der Waals surface area contributed by atoms with Crippen LogP contribution in [0.15, 0.2) is 89.3 Å². The molecule has 1 amide bonds. The summed E-state index contributed by atoms with van der Waals surface area (Å²) in [5.74, 6) is -0.294. The van der Waals surface area contributed by atoms with Gasteiger partial charge in [-0.3, -0.25) is 9.36 Å². The lowest BCUT2D eigenvalue weighted by molar-refractivity contribution is -0.121. The third-order valence-corrected chi connectivity index (χ3v) is 5.93. The molecule has 0 unspecified atom stereocenters. The van der Waals surface area contributed by atoms with E-state index in [1.165, 1.54) is 11.3 Å². The number of carbonyl (C=O) groups excluding carboxylic acids is 1. The van der Waals surface area contributed by atoms with Crippen molar-refractivity contribution < 1.29 is 4.79 Å². The predicted octanol–water partition coefficient (Wildman–Crippen LogP) is 4.24. The van der Waals surface area contributed by atoms with Gasteiger partial charge in [0.05, 0.1) is 11.2 Å². The quantitative estimate of drug-likeness (QED) is 0.398. The van der Waals surface area contributed by atoms with Crippen molar-refractivity contribution in [2.45, 2.75) is 6.54 Å². The molecule has 0 aliphatic rings. The van der Waals surface area contributed by atoms with Gasteiger partial charge in [-0.1, -0.05) is 59.3 Å². The number of nitrogens with one attached hydrogen (secondary N) is 1. The summed E-state index contributed by atoms with van der Waals surface area (Å²) in [4.78, 5) is 13.2. The minimum absolute atomic E-state index is 0.0157. The van der Waals surface area contributed by atoms with E-state index in [9.17, 15) is 4.79 Å². The Morgan fingerprint density at radius 3 is 2.56 bits per heavy atom. The number of nitrogens with zero attached hydrogens (tertiary/aromatic N) is 5. The Kier molecular flexibility index (Phi) is 5.53. The zero-order valence-electron chi connectivity index (χ0n) is 16.7. The molecule has 0 radical (unpaired) electrons. The monoisotopic (exact) mass is 460 g/mol. The molecule has 1 N–H and O–H groups in total. The highest BCUT2D eigenvalue weighted by Crippen LogP contribution is 2.24. The molecular weight excluding hydrogens is 444 g/mol. The molecule has 32 heavy (non-hydrogen) atoms. The molecule has 0 aliphatic carbocycles. The molecule has 158 valence electrons. The lowest BCUT2D eigenvalue weighted by atomic mass is 10.1. The van der Waals surface area contributed by atoms with E-state index in [0.717, 1.165) is 28.0 Å². The van der Waals surface area contributed by atoms with Crippen LogP contribution in [-0.2, 0) is 11.3 Å². The molecule has 0 spiro atoms. The van der Waals surface area contributed by atoms with Crippen LogP contribution >= 0.6 is 22.9 Å². The van der Waals surface area contributed by atoms with Crippen LogP contribution in [0, 0.1) is 0 Å². The number of benzene rings is 3. The summed E-state index contributed by atoms with van der Waals surface area (Å²) in [5, 5.41) is 15.2. The fourth-order valence-corrected chi connectivity index (χ4v) is 4.35. The third-order valence-electron chi connectivity index (χ3n) is 4.85. The minimum Gasteiger partial charge on any atom is -0.284 e. The Morgan fingerprint density at radius 1 is 1.00 bits per heavy atom. The van der Waals surface area contributed by atoms with Crippen molar-refractivity contribution in [3.05, 3.63) is 94.1 Å². The van der Waals surface area contributed by atoms with Crippen molar-refractivity contribution in [2.24, 2.45) is 5.10 Å². The van der Waals surface area contributed by atoms with E-state index in [-0.39, 0.29) is 12.5 Å². The van der Waals surface area contributed by atoms with E-state index >= 15 is 0 Å². The molecule has 0 atom stereocenters. The van der Waals surface area contributed by atoms with E-state index in [0.29, 0.717) is 9.82 Å². The third kappa shape index (κ3) is 4.05. The molecule has 0 saturated heterocycles. The van der Waals surface area contributed by atoms with E-state index in [2.05, 4.69) is 20.8 Å². The fourth-order valence-electron chi connectivity index (χ4n) is 3.35. The normalized spacial score (nSPS) is 11.7. The number of hydrogen-bond acceptors (Lipinski definition) is 5. The van der Waals surface area contributed by atoms with Crippen LogP contribution in [0.3, 0.4) is 0 Å². The van der Waals surface area contributed by atoms with Gasteiger partial charge in [-0.25, -0.2) is 10.1 Å². The summed E-state index contributed by atoms with van der Waals surface area (Å²) in [6.07, 6.45) is 0. The molecule has 2 heterocycles. The molecule has 9 heteroatoms. The van der Waals surface area contributed by atoms with Crippen molar-refractivity contribution in [1.82, 2.24) is 25.0 Å². The number of hydrogen-bond donors (Lipinski definition) is 1. The lowest BCUT2D eigenvalue weighted by Crippen LogP contribution is -2.27. The number of thiazole rings is 1. The van der Waals surface area contributed by atoms with Crippen LogP contribution in [0.2, 0.25) is 5.02 Å². The van der Waals surface area contributed by atoms with Gasteiger partial charge < -0.3 is 0 Å². The first-order chi connectivity index (χ1) is 15.7. The molecule has 7 nitrogen and oxygen atoms in total. The van der Waals surface area contributed by atoms with E-state index < -0.39 is 0 Å². The van der Waals surface area contributed by atoms with Crippen LogP contribution in [0.25, 0.3) is 28.0 Å². The van der Waals surface area contributed by atoms with Gasteiger partial charge in [0, 0.05) is 16.1 Å². The number of halogens is 1. The number of aromatic nitrogens is 4. The Bertz CT molecular complexity index is 1450. The van der Waals surface area contributed by atoms with Crippen LogP contribution in [0.5, 0.6) is 0 Å². The largest absolute Gasteiger partial charge is 0.284 e. The van der Waals surface area contributed by atoms with Crippen molar-refractivity contribution in [2.75, 3.05) is 0 Å². The topological polar surface area (TPSA) is 77.1 Å². The average molecular weight is 461 g/mol. The lowest BCUT2D eigenvalue weighted by Gasteiger charge is -2.09. The number of carbonyl (C=O) groups is 1. The summed E-state index contributed by atoms with van der Waals surface area (Å²) >= 11 is 7.52. The van der Waals surface area contributed by atoms with Gasteiger partial charge in [0.15, 0.2) is 0 Å². The van der Waals surface area contributed by atoms with E-state index in [4.69, 9.17) is 11.6 Å². The van der Waals surface area contributed by atoms with Gasteiger partial charge in [-0.2, -0.15) is 0 Å². The highest BCUT2D eigenvalue weighted by atomic mass is 35.5. The maximum absolute atomic E-state index is 12.6. The highest BCUT2D eigenvalue weighted by molar-refractivity contribution is 7.07. The van der Waals surface area contributed by atoms with Gasteiger partial charge in [0.2, 0.25) is 4.80 Å². The second-order valence-electron chi connectivity index (χ2n) is 6.96. The van der Waals surface area contributed by atoms with Crippen LogP contribution in [0.4, 0.5) is 0 Å². The molecule has 5 aromatic rings. The highest BCUT2D eigenvalue weighted by Gasteiger charge is 2.12. The van der Waals surface area contributed by atoms with Crippen LogP contribution < -0.4 is 10.2 Å². The maximum atomic E-state index is 12.6. The molecule has 0 fully saturated rings. The molecule has 0 aliphatic heterocycles. The number of fused-ring (bicyclic) bond motifs is 1. The first-order valence-corrected chi connectivity index (χ1v) is 11.1. The molecule has 0 bridgehead atoms. The number of rotatable bonds is 5. The smallest absolute Gasteiger partial charge is 0.261 e. The Balaban J connectivity index is 1.48. The van der Waals surface area contributed by atoms with Crippen LogP contribution in [-0.4, -0.2) is 25.5 Å². The summed E-state index contributed by atoms with van der Waals surface area (Å²) in [7, 11) is 0. The Hall–Kier alpha value is -3.75. The Labute approximate surface area is 192 Å². The summed E-state index contributed by atoms with van der Waals surface area (Å²) < 4.78 is 3.54. The number of amides is 1. The molecule has 3 aromatic carbocycles. The standard InChI is InChI=1S/C23H17ClN6OS/c24-17-10-12-18(13-11-17)30-21(16-6-2-1-3-7-16)15-32-23(30)27-26-22(31)14-29-20-9-5-4-8-19(20)25-28-29/h1-13,15H,14H2,(H,26,31)/b27-23-. The number of para-hydroxylation sites is 1. The van der Waals surface area contributed by atoms with E-state index in [1.807, 2.05) is 88.8 Å². The SMILES string of the molecule is O=C(Cn1nnc2ccccc21)N/N=c1\scc(-c2ccccc2)n1-c1ccc(Cl)cc1.